The Balaban J connectivity index is 1.17. The molecule has 0 amide bonds. The lowest BCUT2D eigenvalue weighted by atomic mass is 9.62. The van der Waals surface area contributed by atoms with Gasteiger partial charge in [-0.3, -0.25) is 0 Å². The molecule has 0 saturated carbocycles. The third kappa shape index (κ3) is 4.56. The minimum absolute atomic E-state index is 0.602. The number of fused-ring (bicyclic) bond motifs is 13. The summed E-state index contributed by atoms with van der Waals surface area (Å²) in [5, 5.41) is 9.88. The molecule has 0 bridgehead atoms. The molecule has 2 aliphatic heterocycles. The highest BCUT2D eigenvalue weighted by Crippen LogP contribution is 2.55. The first kappa shape index (κ1) is 34.4. The van der Waals surface area contributed by atoms with Crippen molar-refractivity contribution in [1.82, 2.24) is 19.5 Å². The third-order valence-corrected chi connectivity index (χ3v) is 17.3. The molecule has 0 fully saturated rings. The van der Waals surface area contributed by atoms with Gasteiger partial charge in [-0.05, 0) is 66.3 Å². The Morgan fingerprint density at radius 3 is 1.59 bits per heavy atom. The van der Waals surface area contributed by atoms with Crippen molar-refractivity contribution in [2.75, 3.05) is 0 Å². The maximum Gasteiger partial charge on any atom is 0.164 e. The summed E-state index contributed by atoms with van der Waals surface area (Å²) in [5.74, 6) is 2.04. The largest absolute Gasteiger partial charge is 0.309 e. The molecular formula is C56H38N4Si. The molecule has 61 heavy (non-hydrogen) atoms. The number of rotatable bonds is 3. The molecule has 9 aromatic carbocycles. The predicted octanol–water partition coefficient (Wildman–Crippen LogP) is 12.1. The van der Waals surface area contributed by atoms with Gasteiger partial charge >= 0.3 is 0 Å². The molecule has 4 nitrogen and oxygen atoms in total. The van der Waals surface area contributed by atoms with Crippen molar-refractivity contribution in [2.24, 2.45) is 0 Å². The first-order valence-electron chi connectivity index (χ1n) is 21.1. The summed E-state index contributed by atoms with van der Waals surface area (Å²) >= 11 is 0. The highest BCUT2D eigenvalue weighted by Gasteiger charge is 2.54. The number of para-hydroxylation sites is 3. The van der Waals surface area contributed by atoms with E-state index >= 15 is 0 Å². The Bertz CT molecular complexity index is 3550. The van der Waals surface area contributed by atoms with Crippen LogP contribution in [0, 0.1) is 0 Å². The molecule has 0 N–H and O–H groups in total. The molecule has 0 saturated heterocycles. The molecular weight excluding hydrogens is 757 g/mol. The highest BCUT2D eigenvalue weighted by molar-refractivity contribution is 7.02. The van der Waals surface area contributed by atoms with Crippen LogP contribution in [0.5, 0.6) is 0 Å². The van der Waals surface area contributed by atoms with Gasteiger partial charge in [-0.15, -0.1) is 0 Å². The Hall–Kier alpha value is -7.47. The van der Waals surface area contributed by atoms with Crippen LogP contribution in [0.15, 0.2) is 194 Å². The van der Waals surface area contributed by atoms with E-state index in [4.69, 9.17) is 15.0 Å². The van der Waals surface area contributed by atoms with E-state index in [1.807, 2.05) is 0 Å². The summed E-state index contributed by atoms with van der Waals surface area (Å²) in [4.78, 5) is 16.4. The highest BCUT2D eigenvalue weighted by atomic mass is 28.3. The van der Waals surface area contributed by atoms with Gasteiger partial charge in [0.15, 0.2) is 17.5 Å². The van der Waals surface area contributed by atoms with Crippen molar-refractivity contribution in [2.45, 2.75) is 18.5 Å². The fourth-order valence-corrected chi connectivity index (χ4v) is 14.8. The first-order chi connectivity index (χ1) is 30.0. The molecule has 13 rings (SSSR count). The lowest BCUT2D eigenvalue weighted by molar-refractivity contribution is 0.732. The first-order valence-corrected chi connectivity index (χ1v) is 24.1. The summed E-state index contributed by atoms with van der Waals surface area (Å²) in [5.41, 5.74) is 11.5. The van der Waals surface area contributed by atoms with Gasteiger partial charge in [0.25, 0.3) is 0 Å². The summed E-state index contributed by atoms with van der Waals surface area (Å²) < 4.78 is 2.52. The summed E-state index contributed by atoms with van der Waals surface area (Å²) in [7, 11) is -2.48. The van der Waals surface area contributed by atoms with Crippen molar-refractivity contribution in [3.05, 3.63) is 216 Å². The Morgan fingerprint density at radius 1 is 0.393 bits per heavy atom. The van der Waals surface area contributed by atoms with E-state index in [-0.39, 0.29) is 0 Å². The minimum Gasteiger partial charge on any atom is -0.309 e. The fourth-order valence-electron chi connectivity index (χ4n) is 11.2. The second kappa shape index (κ2) is 12.5. The Labute approximate surface area is 354 Å². The van der Waals surface area contributed by atoms with E-state index in [2.05, 4.69) is 212 Å². The van der Waals surface area contributed by atoms with Crippen molar-refractivity contribution >= 4 is 61.8 Å². The van der Waals surface area contributed by atoms with Gasteiger partial charge in [-0.1, -0.05) is 195 Å². The van der Waals surface area contributed by atoms with E-state index in [0.29, 0.717) is 17.5 Å². The average molecular weight is 795 g/mol. The number of benzene rings is 9. The standard InChI is InChI=1S/C56H38N4Si/c1-61(2)50-34-12-9-29-45(50)56(44-28-8-11-33-49(44)60-48-32-10-7-23-39(48)40-24-15-30-46(56)51(40)60)47-31-16-27-43(52(47)61)55-58-53(41-25-13-19-35-17-3-5-21-37(35)41)57-54(59-55)42-26-14-20-36-18-4-6-22-38(36)42/h3-34H,1-2H3. The van der Waals surface area contributed by atoms with Crippen LogP contribution < -0.4 is 10.4 Å². The topological polar surface area (TPSA) is 43.6 Å². The van der Waals surface area contributed by atoms with Crippen molar-refractivity contribution < 1.29 is 0 Å². The normalized spacial score (nSPS) is 15.9. The summed E-state index contributed by atoms with van der Waals surface area (Å²) in [6, 6.07) is 71.1. The van der Waals surface area contributed by atoms with Gasteiger partial charge in [0.05, 0.1) is 22.1 Å². The van der Waals surface area contributed by atoms with E-state index in [9.17, 15) is 0 Å². The monoisotopic (exact) mass is 794 g/mol. The zero-order valence-electron chi connectivity index (χ0n) is 33.8. The SMILES string of the molecule is C[Si]1(C)c2ccccc2C2(c3ccccc3-n3c4ccccc4c4cccc2c43)c2cccc(-c3nc(-c4cccc5ccccc45)nc(-c4cccc5ccccc45)n3)c21. The second-order valence-corrected chi connectivity index (χ2v) is 21.4. The third-order valence-electron chi connectivity index (χ3n) is 13.7. The van der Waals surface area contributed by atoms with Crippen LogP contribution >= 0.6 is 0 Å². The summed E-state index contributed by atoms with van der Waals surface area (Å²) in [6.07, 6.45) is 0. The van der Waals surface area contributed by atoms with Crippen LogP contribution in [0.3, 0.4) is 0 Å². The zero-order chi connectivity index (χ0) is 40.5. The number of aromatic nitrogens is 4. The van der Waals surface area contributed by atoms with Crippen molar-refractivity contribution in [3.63, 3.8) is 0 Å². The van der Waals surface area contributed by atoms with Gasteiger partial charge in [-0.25, -0.2) is 15.0 Å². The van der Waals surface area contributed by atoms with Crippen molar-refractivity contribution in [1.29, 1.82) is 0 Å². The number of hydrogen-bond donors (Lipinski definition) is 0. The minimum atomic E-state index is -2.48. The van der Waals surface area contributed by atoms with E-state index in [1.54, 1.807) is 0 Å². The lowest BCUT2D eigenvalue weighted by Gasteiger charge is -2.50. The van der Waals surface area contributed by atoms with Crippen molar-refractivity contribution in [3.8, 4) is 39.9 Å². The van der Waals surface area contributed by atoms with E-state index in [1.165, 1.54) is 60.1 Å². The molecule has 1 unspecified atom stereocenters. The van der Waals surface area contributed by atoms with Gasteiger partial charge < -0.3 is 4.57 Å². The fraction of sp³-hybridized carbons (Fsp3) is 0.0536. The van der Waals surface area contributed by atoms with Gasteiger partial charge in [0.2, 0.25) is 0 Å². The maximum absolute atomic E-state index is 5.54. The maximum atomic E-state index is 5.54. The predicted molar refractivity (Wildman–Crippen MR) is 254 cm³/mol. The van der Waals surface area contributed by atoms with Crippen LogP contribution in [0.1, 0.15) is 22.3 Å². The molecule has 2 aliphatic rings. The van der Waals surface area contributed by atoms with Gasteiger partial charge in [0.1, 0.15) is 8.07 Å². The van der Waals surface area contributed by atoms with Crippen LogP contribution in [0.25, 0.3) is 83.2 Å². The van der Waals surface area contributed by atoms with Crippen LogP contribution in [0.4, 0.5) is 0 Å². The Morgan fingerprint density at radius 2 is 0.869 bits per heavy atom. The van der Waals surface area contributed by atoms with Crippen LogP contribution in [-0.2, 0) is 5.41 Å². The quantitative estimate of drug-likeness (QED) is 0.167. The molecule has 4 heterocycles. The molecule has 2 aromatic heterocycles. The molecule has 0 radical (unpaired) electrons. The molecule has 0 aliphatic carbocycles. The second-order valence-electron chi connectivity index (χ2n) is 17.1. The smallest absolute Gasteiger partial charge is 0.164 e. The molecule has 286 valence electrons. The Kier molecular flexibility index (Phi) is 7.06. The van der Waals surface area contributed by atoms with Gasteiger partial charge in [0, 0.05) is 27.5 Å². The van der Waals surface area contributed by atoms with Crippen LogP contribution in [-0.4, -0.2) is 27.6 Å². The summed E-state index contributed by atoms with van der Waals surface area (Å²) in [6.45, 7) is 5.04. The molecule has 1 spiro atoms. The molecule has 5 heteroatoms. The number of hydrogen-bond acceptors (Lipinski definition) is 3. The van der Waals surface area contributed by atoms with E-state index in [0.717, 1.165) is 38.2 Å². The number of nitrogens with zero attached hydrogens (tertiary/aromatic N) is 4. The zero-order valence-corrected chi connectivity index (χ0v) is 34.8. The van der Waals surface area contributed by atoms with E-state index < -0.39 is 13.5 Å². The molecule has 1 atom stereocenters. The van der Waals surface area contributed by atoms with Crippen LogP contribution in [0.2, 0.25) is 13.1 Å². The molecule has 11 aromatic rings. The lowest BCUT2D eigenvalue weighted by Crippen LogP contribution is -2.64. The van der Waals surface area contributed by atoms with Gasteiger partial charge in [-0.2, -0.15) is 0 Å². The average Bonchev–Trinajstić information content (AvgIpc) is 3.66.